The van der Waals surface area contributed by atoms with E-state index in [1.807, 2.05) is 4.90 Å². The first kappa shape index (κ1) is 20.6. The van der Waals surface area contributed by atoms with Gasteiger partial charge in [0.25, 0.3) is 5.91 Å². The Morgan fingerprint density at radius 1 is 1.07 bits per heavy atom. The van der Waals surface area contributed by atoms with E-state index in [9.17, 15) is 9.00 Å². The maximum absolute atomic E-state index is 12.8. The predicted molar refractivity (Wildman–Crippen MR) is 115 cm³/mol. The summed E-state index contributed by atoms with van der Waals surface area (Å²) >= 11 is 5.97. The zero-order valence-electron chi connectivity index (χ0n) is 16.5. The van der Waals surface area contributed by atoms with Crippen LogP contribution in [0.5, 0.6) is 0 Å². The summed E-state index contributed by atoms with van der Waals surface area (Å²) in [7, 11) is -1.27. The van der Waals surface area contributed by atoms with Crippen LogP contribution in [0.25, 0.3) is 0 Å². The molecule has 0 spiro atoms. The van der Waals surface area contributed by atoms with E-state index in [2.05, 4.69) is 4.90 Å². The Morgan fingerprint density at radius 2 is 1.83 bits per heavy atom. The van der Waals surface area contributed by atoms with Gasteiger partial charge in [-0.2, -0.15) is 0 Å². The fourth-order valence-corrected chi connectivity index (χ4v) is 5.61. The van der Waals surface area contributed by atoms with Crippen LogP contribution in [0.3, 0.4) is 0 Å². The molecular weight excluding hydrogens is 408 g/mol. The highest BCUT2D eigenvalue weighted by molar-refractivity contribution is 7.84. The van der Waals surface area contributed by atoms with Crippen LogP contribution in [0, 0.1) is 0 Å². The van der Waals surface area contributed by atoms with Crippen LogP contribution in [-0.4, -0.2) is 52.1 Å². The molecule has 2 aromatic rings. The van der Waals surface area contributed by atoms with Crippen LogP contribution in [0.1, 0.15) is 48.4 Å². The number of carbonyl (C=O) groups excluding carboxylic acids is 1. The first-order valence-electron chi connectivity index (χ1n) is 10.4. The Bertz CT molecular complexity index is 870. The van der Waals surface area contributed by atoms with Crippen molar-refractivity contribution in [1.29, 1.82) is 0 Å². The lowest BCUT2D eigenvalue weighted by molar-refractivity contribution is 0.0496. The summed E-state index contributed by atoms with van der Waals surface area (Å²) in [5.74, 6) is 1.03. The van der Waals surface area contributed by atoms with Crippen molar-refractivity contribution >= 4 is 28.3 Å². The van der Waals surface area contributed by atoms with Crippen LogP contribution in [0.4, 0.5) is 0 Å². The monoisotopic (exact) mass is 434 g/mol. The van der Waals surface area contributed by atoms with Gasteiger partial charge in [0, 0.05) is 42.1 Å². The molecule has 7 heteroatoms. The minimum atomic E-state index is -1.27. The molecule has 1 aromatic carbocycles. The molecule has 1 aliphatic heterocycles. The van der Waals surface area contributed by atoms with Crippen molar-refractivity contribution < 1.29 is 13.4 Å². The SMILES string of the molecule is O=C(c1ccc(C[S@@](=O)c2cccc(Cl)c2)o1)N1CCN(C2CCCCC2)CC1. The number of hydrogen-bond acceptors (Lipinski definition) is 4. The van der Waals surface area contributed by atoms with Gasteiger partial charge in [0.05, 0.1) is 16.6 Å². The van der Waals surface area contributed by atoms with Crippen LogP contribution < -0.4 is 0 Å². The highest BCUT2D eigenvalue weighted by Crippen LogP contribution is 2.24. The van der Waals surface area contributed by atoms with E-state index in [0.717, 1.165) is 26.2 Å². The highest BCUT2D eigenvalue weighted by atomic mass is 35.5. The average Bonchev–Trinajstić information content (AvgIpc) is 3.22. The number of hydrogen-bond donors (Lipinski definition) is 0. The Kier molecular flexibility index (Phi) is 6.73. The van der Waals surface area contributed by atoms with Crippen molar-refractivity contribution in [1.82, 2.24) is 9.80 Å². The fourth-order valence-electron chi connectivity index (χ4n) is 4.28. The van der Waals surface area contributed by atoms with Gasteiger partial charge in [-0.3, -0.25) is 13.9 Å². The summed E-state index contributed by atoms with van der Waals surface area (Å²) in [5, 5.41) is 0.554. The smallest absolute Gasteiger partial charge is 0.289 e. The maximum Gasteiger partial charge on any atom is 0.289 e. The van der Waals surface area contributed by atoms with Crippen molar-refractivity contribution in [2.75, 3.05) is 26.2 Å². The van der Waals surface area contributed by atoms with E-state index in [-0.39, 0.29) is 11.7 Å². The second kappa shape index (κ2) is 9.45. The Balaban J connectivity index is 1.32. The third kappa shape index (κ3) is 5.11. The molecule has 4 rings (SSSR count). The molecule has 1 aliphatic carbocycles. The van der Waals surface area contributed by atoms with Crippen LogP contribution in [0.15, 0.2) is 45.7 Å². The predicted octanol–water partition coefficient (Wildman–Crippen LogP) is 4.33. The molecule has 1 amide bonds. The minimum absolute atomic E-state index is 0.0758. The van der Waals surface area contributed by atoms with Gasteiger partial charge in [0.15, 0.2) is 5.76 Å². The van der Waals surface area contributed by atoms with Crippen LogP contribution in [-0.2, 0) is 16.6 Å². The van der Waals surface area contributed by atoms with Crippen LogP contribution in [0.2, 0.25) is 5.02 Å². The van der Waals surface area contributed by atoms with Crippen molar-refractivity contribution in [2.45, 2.75) is 48.8 Å². The standard InChI is InChI=1S/C22H27ClN2O3S/c23-17-5-4-8-20(15-17)29(27)16-19-9-10-21(28-19)22(26)25-13-11-24(12-14-25)18-6-2-1-3-7-18/h4-5,8-10,15,18H,1-3,6-7,11-14,16H2/t29-/m1/s1. The molecule has 0 N–H and O–H groups in total. The van der Waals surface area contributed by atoms with E-state index in [1.54, 1.807) is 36.4 Å². The summed E-state index contributed by atoms with van der Waals surface area (Å²) in [4.78, 5) is 17.9. The number of nitrogens with zero attached hydrogens (tertiary/aromatic N) is 2. The van der Waals surface area contributed by atoms with Gasteiger partial charge in [-0.05, 0) is 43.2 Å². The van der Waals surface area contributed by atoms with E-state index >= 15 is 0 Å². The van der Waals surface area contributed by atoms with Gasteiger partial charge in [0.2, 0.25) is 0 Å². The van der Waals surface area contributed by atoms with Gasteiger partial charge in [-0.15, -0.1) is 0 Å². The number of carbonyl (C=O) groups is 1. The highest BCUT2D eigenvalue weighted by Gasteiger charge is 2.28. The molecule has 1 saturated carbocycles. The maximum atomic E-state index is 12.8. The quantitative estimate of drug-likeness (QED) is 0.702. The zero-order chi connectivity index (χ0) is 20.2. The van der Waals surface area contributed by atoms with Gasteiger partial charge in [-0.1, -0.05) is 36.9 Å². The number of rotatable bonds is 5. The first-order chi connectivity index (χ1) is 14.1. The largest absolute Gasteiger partial charge is 0.455 e. The number of halogens is 1. The topological polar surface area (TPSA) is 53.8 Å². The van der Waals surface area contributed by atoms with Crippen molar-refractivity contribution in [3.05, 3.63) is 52.9 Å². The lowest BCUT2D eigenvalue weighted by Crippen LogP contribution is -2.52. The molecule has 2 fully saturated rings. The van der Waals surface area contributed by atoms with Gasteiger partial charge >= 0.3 is 0 Å². The molecular formula is C22H27ClN2O3S. The Morgan fingerprint density at radius 3 is 2.55 bits per heavy atom. The van der Waals surface area contributed by atoms with Crippen molar-refractivity contribution in [2.24, 2.45) is 0 Å². The number of amides is 1. The third-order valence-corrected chi connectivity index (χ3v) is 7.46. The molecule has 156 valence electrons. The second-order valence-electron chi connectivity index (χ2n) is 7.83. The van der Waals surface area contributed by atoms with Crippen molar-refractivity contribution in [3.8, 4) is 0 Å². The van der Waals surface area contributed by atoms with Gasteiger partial charge in [0.1, 0.15) is 5.76 Å². The Labute approximate surface area is 179 Å². The summed E-state index contributed by atoms with van der Waals surface area (Å²) < 4.78 is 18.3. The molecule has 1 aromatic heterocycles. The molecule has 0 unspecified atom stereocenters. The zero-order valence-corrected chi connectivity index (χ0v) is 18.1. The van der Waals surface area contributed by atoms with Crippen molar-refractivity contribution in [3.63, 3.8) is 0 Å². The fraction of sp³-hybridized carbons (Fsp3) is 0.500. The summed E-state index contributed by atoms with van der Waals surface area (Å²) in [5.41, 5.74) is 0. The van der Waals surface area contributed by atoms with E-state index in [1.165, 1.54) is 32.1 Å². The second-order valence-corrected chi connectivity index (χ2v) is 9.72. The molecule has 2 heterocycles. The van der Waals surface area contributed by atoms with E-state index < -0.39 is 10.8 Å². The minimum Gasteiger partial charge on any atom is -0.455 e. The van der Waals surface area contributed by atoms with E-state index in [4.69, 9.17) is 16.0 Å². The molecule has 1 saturated heterocycles. The molecule has 2 aliphatic rings. The summed E-state index contributed by atoms with van der Waals surface area (Å²) in [6.07, 6.45) is 6.60. The summed E-state index contributed by atoms with van der Waals surface area (Å²) in [6, 6.07) is 11.1. The Hall–Kier alpha value is -1.63. The molecule has 1 atom stereocenters. The van der Waals surface area contributed by atoms with Crippen LogP contribution >= 0.6 is 11.6 Å². The van der Waals surface area contributed by atoms with E-state index in [0.29, 0.717) is 27.5 Å². The molecule has 29 heavy (non-hydrogen) atoms. The molecule has 5 nitrogen and oxygen atoms in total. The van der Waals surface area contributed by atoms with Gasteiger partial charge < -0.3 is 9.32 Å². The average molecular weight is 435 g/mol. The van der Waals surface area contributed by atoms with Gasteiger partial charge in [-0.25, -0.2) is 0 Å². The number of furan rings is 1. The molecule has 0 radical (unpaired) electrons. The summed E-state index contributed by atoms with van der Waals surface area (Å²) in [6.45, 7) is 3.34. The lowest BCUT2D eigenvalue weighted by Gasteiger charge is -2.40. The molecule has 0 bridgehead atoms. The lowest BCUT2D eigenvalue weighted by atomic mass is 9.94. The first-order valence-corrected chi connectivity index (χ1v) is 12.1. The third-order valence-electron chi connectivity index (χ3n) is 5.90. The number of benzene rings is 1. The normalized spacial score (nSPS) is 20.0. The number of piperazine rings is 1.